The van der Waals surface area contributed by atoms with E-state index in [9.17, 15) is 24.0 Å². The van der Waals surface area contributed by atoms with Gasteiger partial charge in [0.2, 0.25) is 17.7 Å². The maximum atomic E-state index is 12.6. The minimum Gasteiger partial charge on any atom is -0.480 e. The highest BCUT2D eigenvalue weighted by molar-refractivity contribution is 5.91. The lowest BCUT2D eigenvalue weighted by Crippen LogP contribution is -2.51. The number of rotatable bonds is 10. The van der Waals surface area contributed by atoms with Crippen molar-refractivity contribution in [3.8, 4) is 0 Å². The molecule has 31 heavy (non-hydrogen) atoms. The molecule has 0 fully saturated rings. The minimum atomic E-state index is -1.21. The molecular weight excluding hydrogens is 408 g/mol. The van der Waals surface area contributed by atoms with Crippen LogP contribution in [0.25, 0.3) is 0 Å². The lowest BCUT2D eigenvalue weighted by Gasteiger charge is -2.23. The van der Waals surface area contributed by atoms with Crippen LogP contribution in [-0.4, -0.2) is 66.2 Å². The Morgan fingerprint density at radius 1 is 0.903 bits per heavy atom. The summed E-state index contributed by atoms with van der Waals surface area (Å²) in [5, 5.41) is 17.7. The van der Waals surface area contributed by atoms with Crippen LogP contribution in [0.2, 0.25) is 0 Å². The van der Waals surface area contributed by atoms with E-state index in [1.807, 2.05) is 6.07 Å². The number of carbonyl (C=O) groups excluding carboxylic acids is 4. The zero-order valence-electron chi connectivity index (χ0n) is 17.7. The Labute approximate surface area is 179 Å². The first-order valence-corrected chi connectivity index (χ1v) is 9.52. The van der Waals surface area contributed by atoms with Crippen molar-refractivity contribution in [1.82, 2.24) is 21.3 Å². The van der Waals surface area contributed by atoms with Crippen molar-refractivity contribution in [2.75, 3.05) is 19.6 Å². The summed E-state index contributed by atoms with van der Waals surface area (Å²) < 4.78 is 5.19. The molecule has 0 bridgehead atoms. The predicted octanol–water partition coefficient (Wildman–Crippen LogP) is -0.444. The summed E-state index contributed by atoms with van der Waals surface area (Å²) in [4.78, 5) is 58.3. The second kappa shape index (κ2) is 12.2. The summed E-state index contributed by atoms with van der Waals surface area (Å²) in [5.41, 5.74) is 0.0390. The number of benzene rings is 1. The Bertz CT molecular complexity index is 790. The Kier molecular flexibility index (Phi) is 9.96. The number of carboxylic acid groups (broad SMARTS) is 1. The van der Waals surface area contributed by atoms with Gasteiger partial charge in [-0.3, -0.25) is 19.2 Å². The SMILES string of the molecule is CC(C)(C)OC(=O)NC(Cc1ccccc1)C(=O)NCC(=O)NCC(=O)NCC(=O)O. The number of carboxylic acids is 1. The predicted molar refractivity (Wildman–Crippen MR) is 110 cm³/mol. The Morgan fingerprint density at radius 3 is 2.00 bits per heavy atom. The zero-order valence-corrected chi connectivity index (χ0v) is 17.7. The smallest absolute Gasteiger partial charge is 0.408 e. The van der Waals surface area contributed by atoms with Crippen LogP contribution in [0.3, 0.4) is 0 Å². The van der Waals surface area contributed by atoms with Gasteiger partial charge in [-0.25, -0.2) is 4.79 Å². The summed E-state index contributed by atoms with van der Waals surface area (Å²) in [6.45, 7) is 3.63. The number of amides is 4. The van der Waals surface area contributed by atoms with Crippen LogP contribution in [0.15, 0.2) is 30.3 Å². The van der Waals surface area contributed by atoms with E-state index in [1.165, 1.54) is 0 Å². The van der Waals surface area contributed by atoms with Crippen molar-refractivity contribution in [2.24, 2.45) is 0 Å². The summed E-state index contributed by atoms with van der Waals surface area (Å²) in [6.07, 6.45) is -0.603. The monoisotopic (exact) mass is 436 g/mol. The standard InChI is InChI=1S/C20H28N4O7/c1-20(2,3)31-19(30)24-14(9-13-7-5-4-6-8-13)18(29)23-11-16(26)21-10-15(25)22-12-17(27)28/h4-8,14H,9-12H2,1-3H3,(H,21,26)(H,22,25)(H,23,29)(H,24,30)(H,27,28). The maximum Gasteiger partial charge on any atom is 0.408 e. The fraction of sp³-hybridized carbons (Fsp3) is 0.450. The molecule has 1 aromatic carbocycles. The highest BCUT2D eigenvalue weighted by atomic mass is 16.6. The topological polar surface area (TPSA) is 163 Å². The first kappa shape index (κ1) is 25.4. The molecule has 5 N–H and O–H groups in total. The van der Waals surface area contributed by atoms with E-state index in [4.69, 9.17) is 9.84 Å². The van der Waals surface area contributed by atoms with Gasteiger partial charge in [0, 0.05) is 6.42 Å². The number of hydrogen-bond donors (Lipinski definition) is 5. The minimum absolute atomic E-state index is 0.172. The van der Waals surface area contributed by atoms with E-state index in [-0.39, 0.29) is 6.42 Å². The summed E-state index contributed by atoms with van der Waals surface area (Å²) in [5.74, 6) is -3.17. The van der Waals surface area contributed by atoms with Gasteiger partial charge in [0.1, 0.15) is 18.2 Å². The number of nitrogens with one attached hydrogen (secondary N) is 4. The highest BCUT2D eigenvalue weighted by Crippen LogP contribution is 2.08. The van der Waals surface area contributed by atoms with Gasteiger partial charge < -0.3 is 31.1 Å². The van der Waals surface area contributed by atoms with Gasteiger partial charge in [0.15, 0.2) is 0 Å². The first-order valence-electron chi connectivity index (χ1n) is 9.52. The molecule has 0 saturated carbocycles. The van der Waals surface area contributed by atoms with Crippen LogP contribution in [0, 0.1) is 0 Å². The van der Waals surface area contributed by atoms with Gasteiger partial charge >= 0.3 is 12.1 Å². The largest absolute Gasteiger partial charge is 0.480 e. The molecule has 1 aromatic rings. The molecule has 0 radical (unpaired) electrons. The van der Waals surface area contributed by atoms with Crippen molar-refractivity contribution in [3.05, 3.63) is 35.9 Å². The van der Waals surface area contributed by atoms with E-state index in [0.29, 0.717) is 0 Å². The van der Waals surface area contributed by atoms with E-state index >= 15 is 0 Å². The molecule has 1 rings (SSSR count). The van der Waals surface area contributed by atoms with Gasteiger partial charge in [-0.15, -0.1) is 0 Å². The summed E-state index contributed by atoms with van der Waals surface area (Å²) >= 11 is 0. The molecule has 11 nitrogen and oxygen atoms in total. The normalized spacial score (nSPS) is 11.6. The summed E-state index contributed by atoms with van der Waals surface area (Å²) in [6, 6.07) is 7.99. The van der Waals surface area contributed by atoms with Gasteiger partial charge in [0.25, 0.3) is 0 Å². The molecule has 0 spiro atoms. The van der Waals surface area contributed by atoms with Crippen molar-refractivity contribution in [3.63, 3.8) is 0 Å². The van der Waals surface area contributed by atoms with Crippen LogP contribution in [-0.2, 0) is 30.3 Å². The molecular formula is C20H28N4O7. The van der Waals surface area contributed by atoms with Crippen LogP contribution in [0.1, 0.15) is 26.3 Å². The lowest BCUT2D eigenvalue weighted by molar-refractivity contribution is -0.137. The molecule has 0 aliphatic rings. The van der Waals surface area contributed by atoms with Crippen molar-refractivity contribution >= 4 is 29.8 Å². The number of alkyl carbamates (subject to hydrolysis) is 1. The Balaban J connectivity index is 2.61. The average Bonchev–Trinajstić information content (AvgIpc) is 2.67. The Hall–Kier alpha value is -3.63. The molecule has 0 saturated heterocycles. The molecule has 0 heterocycles. The molecule has 0 aromatic heterocycles. The molecule has 0 aliphatic carbocycles. The van der Waals surface area contributed by atoms with E-state index < -0.39 is 61.1 Å². The van der Waals surface area contributed by atoms with Gasteiger partial charge in [0.05, 0.1) is 13.1 Å². The second-order valence-corrected chi connectivity index (χ2v) is 7.55. The third-order valence-electron chi connectivity index (χ3n) is 3.60. The van der Waals surface area contributed by atoms with Crippen LogP contribution >= 0.6 is 0 Å². The van der Waals surface area contributed by atoms with Gasteiger partial charge in [-0.2, -0.15) is 0 Å². The van der Waals surface area contributed by atoms with E-state index in [1.54, 1.807) is 45.0 Å². The molecule has 170 valence electrons. The quantitative estimate of drug-likeness (QED) is 0.332. The number of carbonyl (C=O) groups is 5. The van der Waals surface area contributed by atoms with Gasteiger partial charge in [-0.1, -0.05) is 30.3 Å². The van der Waals surface area contributed by atoms with E-state index in [0.717, 1.165) is 5.56 Å². The first-order chi connectivity index (χ1) is 14.5. The summed E-state index contributed by atoms with van der Waals surface area (Å²) in [7, 11) is 0. The number of ether oxygens (including phenoxy) is 1. The lowest BCUT2D eigenvalue weighted by atomic mass is 10.1. The Morgan fingerprint density at radius 2 is 1.45 bits per heavy atom. The highest BCUT2D eigenvalue weighted by Gasteiger charge is 2.25. The molecule has 0 aliphatic heterocycles. The molecule has 1 atom stereocenters. The van der Waals surface area contributed by atoms with Crippen LogP contribution < -0.4 is 21.3 Å². The fourth-order valence-corrected chi connectivity index (χ4v) is 2.28. The third kappa shape index (κ3) is 11.8. The fourth-order valence-electron chi connectivity index (χ4n) is 2.28. The maximum absolute atomic E-state index is 12.6. The average molecular weight is 436 g/mol. The van der Waals surface area contributed by atoms with Crippen LogP contribution in [0.5, 0.6) is 0 Å². The molecule has 1 unspecified atom stereocenters. The third-order valence-corrected chi connectivity index (χ3v) is 3.60. The zero-order chi connectivity index (χ0) is 23.4. The van der Waals surface area contributed by atoms with Crippen molar-refractivity contribution < 1.29 is 33.8 Å². The number of hydrogen-bond acceptors (Lipinski definition) is 6. The van der Waals surface area contributed by atoms with Gasteiger partial charge in [-0.05, 0) is 26.3 Å². The van der Waals surface area contributed by atoms with Crippen molar-refractivity contribution in [1.29, 1.82) is 0 Å². The second-order valence-electron chi connectivity index (χ2n) is 7.55. The van der Waals surface area contributed by atoms with Crippen molar-refractivity contribution in [2.45, 2.75) is 38.8 Å². The molecule has 11 heteroatoms. The molecule has 4 amide bonds. The van der Waals surface area contributed by atoms with Crippen LogP contribution in [0.4, 0.5) is 4.79 Å². The number of aliphatic carboxylic acids is 1. The van der Waals surface area contributed by atoms with E-state index in [2.05, 4.69) is 21.3 Å².